The third kappa shape index (κ3) is 2.87. The number of carboxylic acid groups (broad SMARTS) is 1. The molecule has 0 spiro atoms. The summed E-state index contributed by atoms with van der Waals surface area (Å²) in [5, 5.41) is 10.6. The van der Waals surface area contributed by atoms with Crippen LogP contribution in [0.5, 0.6) is 0 Å². The van der Waals surface area contributed by atoms with Gasteiger partial charge in [-0.05, 0) is 18.2 Å². The maximum Gasteiger partial charge on any atom is 0.409 e. The summed E-state index contributed by atoms with van der Waals surface area (Å²) >= 11 is 3.15. The van der Waals surface area contributed by atoms with E-state index >= 15 is 0 Å². The van der Waals surface area contributed by atoms with E-state index < -0.39 is 6.09 Å². The SMILES string of the molecule is O=Cc1cc(Br)cc(NC(=O)O)c1. The largest absolute Gasteiger partial charge is 0.465 e. The van der Waals surface area contributed by atoms with Crippen molar-refractivity contribution in [2.45, 2.75) is 0 Å². The number of nitrogens with one attached hydrogen (secondary N) is 1. The summed E-state index contributed by atoms with van der Waals surface area (Å²) in [6, 6.07) is 4.62. The van der Waals surface area contributed by atoms with Crippen molar-refractivity contribution in [2.24, 2.45) is 0 Å². The van der Waals surface area contributed by atoms with Gasteiger partial charge in [-0.1, -0.05) is 15.9 Å². The van der Waals surface area contributed by atoms with E-state index in [-0.39, 0.29) is 0 Å². The molecule has 0 fully saturated rings. The first-order valence-electron chi connectivity index (χ1n) is 3.37. The summed E-state index contributed by atoms with van der Waals surface area (Å²) in [5.41, 5.74) is 0.780. The smallest absolute Gasteiger partial charge is 0.409 e. The molecule has 4 nitrogen and oxygen atoms in total. The molecular formula is C8H6BrNO3. The lowest BCUT2D eigenvalue weighted by molar-refractivity contribution is 0.112. The van der Waals surface area contributed by atoms with Crippen LogP contribution in [0.3, 0.4) is 0 Å². The molecule has 0 aliphatic heterocycles. The van der Waals surface area contributed by atoms with Gasteiger partial charge in [-0.25, -0.2) is 4.79 Å². The van der Waals surface area contributed by atoms with Crippen LogP contribution in [-0.4, -0.2) is 17.5 Å². The number of rotatable bonds is 2. The van der Waals surface area contributed by atoms with E-state index in [4.69, 9.17) is 5.11 Å². The molecule has 0 bridgehead atoms. The van der Waals surface area contributed by atoms with Gasteiger partial charge in [0.1, 0.15) is 6.29 Å². The molecule has 0 saturated heterocycles. The van der Waals surface area contributed by atoms with Crippen LogP contribution in [0.15, 0.2) is 22.7 Å². The fraction of sp³-hybridized carbons (Fsp3) is 0. The Kier molecular flexibility index (Phi) is 3.02. The molecule has 2 N–H and O–H groups in total. The van der Waals surface area contributed by atoms with Crippen LogP contribution in [0.25, 0.3) is 0 Å². The first kappa shape index (κ1) is 9.73. The van der Waals surface area contributed by atoms with Crippen molar-refractivity contribution in [3.05, 3.63) is 28.2 Å². The van der Waals surface area contributed by atoms with E-state index in [0.29, 0.717) is 22.0 Å². The molecule has 0 aromatic heterocycles. The van der Waals surface area contributed by atoms with Gasteiger partial charge in [0.05, 0.1) is 0 Å². The Balaban J connectivity index is 3.01. The van der Waals surface area contributed by atoms with Gasteiger partial charge in [0.25, 0.3) is 0 Å². The summed E-state index contributed by atoms with van der Waals surface area (Å²) in [5.74, 6) is 0. The average Bonchev–Trinajstić information content (AvgIpc) is 2.01. The van der Waals surface area contributed by atoms with Crippen LogP contribution in [0.2, 0.25) is 0 Å². The zero-order valence-electron chi connectivity index (χ0n) is 6.45. The highest BCUT2D eigenvalue weighted by Gasteiger charge is 2.01. The first-order chi connectivity index (χ1) is 6.11. The number of hydrogen-bond acceptors (Lipinski definition) is 2. The van der Waals surface area contributed by atoms with Gasteiger partial charge in [-0.3, -0.25) is 10.1 Å². The zero-order valence-corrected chi connectivity index (χ0v) is 8.04. The van der Waals surface area contributed by atoms with Gasteiger partial charge in [-0.2, -0.15) is 0 Å². The predicted molar refractivity (Wildman–Crippen MR) is 51.2 cm³/mol. The standard InChI is InChI=1S/C8H6BrNO3/c9-6-1-5(4-11)2-7(3-6)10-8(12)13/h1-4,10H,(H,12,13). The first-order valence-corrected chi connectivity index (χ1v) is 4.17. The Hall–Kier alpha value is -1.36. The monoisotopic (exact) mass is 243 g/mol. The summed E-state index contributed by atoms with van der Waals surface area (Å²) in [6.45, 7) is 0. The maximum atomic E-state index is 10.4. The molecule has 1 aromatic carbocycles. The highest BCUT2D eigenvalue weighted by molar-refractivity contribution is 9.10. The van der Waals surface area contributed by atoms with Crippen molar-refractivity contribution in [3.63, 3.8) is 0 Å². The fourth-order valence-corrected chi connectivity index (χ4v) is 1.39. The Morgan fingerprint density at radius 2 is 2.15 bits per heavy atom. The quantitative estimate of drug-likeness (QED) is 0.784. The van der Waals surface area contributed by atoms with Gasteiger partial charge in [-0.15, -0.1) is 0 Å². The minimum absolute atomic E-state index is 0.365. The number of carbonyl (C=O) groups excluding carboxylic acids is 1. The van der Waals surface area contributed by atoms with Gasteiger partial charge < -0.3 is 5.11 Å². The van der Waals surface area contributed by atoms with Crippen molar-refractivity contribution < 1.29 is 14.7 Å². The molecule has 0 radical (unpaired) electrons. The normalized spacial score (nSPS) is 9.31. The molecule has 1 amide bonds. The Labute approximate surface area is 82.7 Å². The number of hydrogen-bond donors (Lipinski definition) is 2. The van der Waals surface area contributed by atoms with Crippen LogP contribution in [-0.2, 0) is 0 Å². The van der Waals surface area contributed by atoms with E-state index in [1.807, 2.05) is 0 Å². The molecular weight excluding hydrogens is 238 g/mol. The molecule has 0 aliphatic rings. The third-order valence-corrected chi connectivity index (χ3v) is 1.77. The van der Waals surface area contributed by atoms with E-state index in [1.165, 1.54) is 6.07 Å². The molecule has 68 valence electrons. The predicted octanol–water partition coefficient (Wildman–Crippen LogP) is 2.35. The van der Waals surface area contributed by atoms with Crippen molar-refractivity contribution in [1.29, 1.82) is 0 Å². The Bertz CT molecular complexity index is 351. The number of halogens is 1. The van der Waals surface area contributed by atoms with E-state index in [2.05, 4.69) is 21.2 Å². The summed E-state index contributed by atoms with van der Waals surface area (Å²) in [6.07, 6.45) is -0.507. The van der Waals surface area contributed by atoms with E-state index in [9.17, 15) is 9.59 Å². The highest BCUT2D eigenvalue weighted by Crippen LogP contribution is 2.18. The lowest BCUT2D eigenvalue weighted by Gasteiger charge is -2.01. The van der Waals surface area contributed by atoms with Crippen LogP contribution >= 0.6 is 15.9 Å². The van der Waals surface area contributed by atoms with E-state index in [1.54, 1.807) is 12.1 Å². The lowest BCUT2D eigenvalue weighted by atomic mass is 10.2. The summed E-state index contributed by atoms with van der Waals surface area (Å²) in [7, 11) is 0. The minimum Gasteiger partial charge on any atom is -0.465 e. The Morgan fingerprint density at radius 3 is 2.69 bits per heavy atom. The van der Waals surface area contributed by atoms with Gasteiger partial charge in [0, 0.05) is 15.7 Å². The van der Waals surface area contributed by atoms with Crippen LogP contribution in [0, 0.1) is 0 Å². The Morgan fingerprint density at radius 1 is 1.46 bits per heavy atom. The average molecular weight is 244 g/mol. The lowest BCUT2D eigenvalue weighted by Crippen LogP contribution is -2.07. The molecule has 0 unspecified atom stereocenters. The number of amides is 1. The second kappa shape index (κ2) is 4.04. The van der Waals surface area contributed by atoms with Crippen molar-refractivity contribution in [2.75, 3.05) is 5.32 Å². The summed E-state index contributed by atoms with van der Waals surface area (Å²) in [4.78, 5) is 20.7. The molecule has 1 rings (SSSR count). The number of benzene rings is 1. The molecule has 5 heteroatoms. The topological polar surface area (TPSA) is 66.4 Å². The van der Waals surface area contributed by atoms with Crippen molar-refractivity contribution in [3.8, 4) is 0 Å². The molecule has 0 saturated carbocycles. The van der Waals surface area contributed by atoms with Crippen molar-refractivity contribution in [1.82, 2.24) is 0 Å². The maximum absolute atomic E-state index is 10.4. The number of aldehydes is 1. The van der Waals surface area contributed by atoms with Gasteiger partial charge >= 0.3 is 6.09 Å². The van der Waals surface area contributed by atoms with Crippen LogP contribution in [0.4, 0.5) is 10.5 Å². The molecule has 0 atom stereocenters. The molecule has 1 aromatic rings. The van der Waals surface area contributed by atoms with Crippen molar-refractivity contribution >= 4 is 34.0 Å². The fourth-order valence-electron chi connectivity index (χ4n) is 0.876. The second-order valence-corrected chi connectivity index (χ2v) is 3.24. The molecule has 0 heterocycles. The van der Waals surface area contributed by atoms with Gasteiger partial charge in [0.15, 0.2) is 0 Å². The molecule has 0 aliphatic carbocycles. The number of anilines is 1. The van der Waals surface area contributed by atoms with E-state index in [0.717, 1.165) is 0 Å². The van der Waals surface area contributed by atoms with Gasteiger partial charge in [0.2, 0.25) is 0 Å². The number of carbonyl (C=O) groups is 2. The minimum atomic E-state index is -1.16. The highest BCUT2D eigenvalue weighted by atomic mass is 79.9. The summed E-state index contributed by atoms with van der Waals surface area (Å²) < 4.78 is 0.654. The molecule has 13 heavy (non-hydrogen) atoms. The second-order valence-electron chi connectivity index (χ2n) is 2.32. The van der Waals surface area contributed by atoms with Crippen LogP contribution in [0.1, 0.15) is 10.4 Å². The van der Waals surface area contributed by atoms with Crippen LogP contribution < -0.4 is 5.32 Å². The zero-order chi connectivity index (χ0) is 9.84. The third-order valence-electron chi connectivity index (χ3n) is 1.31.